The van der Waals surface area contributed by atoms with Crippen LogP contribution in [0.2, 0.25) is 5.02 Å². The van der Waals surface area contributed by atoms with Crippen LogP contribution in [-0.2, 0) is 10.5 Å². The van der Waals surface area contributed by atoms with E-state index in [4.69, 9.17) is 20.9 Å². The van der Waals surface area contributed by atoms with E-state index in [-0.39, 0.29) is 11.2 Å². The number of hydrogen-bond acceptors (Lipinski definition) is 6. The first-order valence-corrected chi connectivity index (χ1v) is 10.5. The first-order chi connectivity index (χ1) is 13.9. The van der Waals surface area contributed by atoms with Gasteiger partial charge in [-0.1, -0.05) is 41.0 Å². The number of ether oxygens (including phenoxy) is 1. The molecule has 0 saturated carbocycles. The fourth-order valence-corrected chi connectivity index (χ4v) is 3.56. The van der Waals surface area contributed by atoms with Gasteiger partial charge in [-0.25, -0.2) is 0 Å². The molecule has 0 aliphatic rings. The van der Waals surface area contributed by atoms with Gasteiger partial charge in [-0.15, -0.1) is 11.8 Å². The highest BCUT2D eigenvalue weighted by Crippen LogP contribution is 2.31. The molecule has 1 atom stereocenters. The smallest absolute Gasteiger partial charge is 0.237 e. The number of nitrogens with zero attached hydrogens (tertiary/aromatic N) is 2. The number of aromatic nitrogens is 2. The Morgan fingerprint density at radius 1 is 1.28 bits per heavy atom. The Balaban J connectivity index is 1.61. The molecule has 29 heavy (non-hydrogen) atoms. The van der Waals surface area contributed by atoms with Gasteiger partial charge in [-0.2, -0.15) is 4.98 Å². The average Bonchev–Trinajstić information content (AvgIpc) is 3.17. The summed E-state index contributed by atoms with van der Waals surface area (Å²) in [5.74, 6) is 1.84. The highest BCUT2D eigenvalue weighted by atomic mass is 35.5. The molecule has 0 fully saturated rings. The number of anilines is 1. The first-order valence-electron chi connectivity index (χ1n) is 9.04. The van der Waals surface area contributed by atoms with Gasteiger partial charge < -0.3 is 14.6 Å². The van der Waals surface area contributed by atoms with Crippen LogP contribution in [-0.4, -0.2) is 28.4 Å². The van der Waals surface area contributed by atoms with Gasteiger partial charge in [0.1, 0.15) is 5.75 Å². The molecule has 1 heterocycles. The average molecular weight is 432 g/mol. The molecule has 0 bridgehead atoms. The van der Waals surface area contributed by atoms with E-state index in [1.54, 1.807) is 12.1 Å². The van der Waals surface area contributed by atoms with Crippen molar-refractivity contribution in [3.63, 3.8) is 0 Å². The van der Waals surface area contributed by atoms with Crippen molar-refractivity contribution in [1.82, 2.24) is 10.1 Å². The zero-order valence-corrected chi connectivity index (χ0v) is 18.2. The first kappa shape index (κ1) is 21.2. The lowest BCUT2D eigenvalue weighted by Gasteiger charge is -2.15. The fourth-order valence-electron chi connectivity index (χ4n) is 2.68. The summed E-state index contributed by atoms with van der Waals surface area (Å²) in [7, 11) is 1.54. The van der Waals surface area contributed by atoms with Gasteiger partial charge in [0.2, 0.25) is 17.6 Å². The zero-order chi connectivity index (χ0) is 21.0. The maximum Gasteiger partial charge on any atom is 0.237 e. The van der Waals surface area contributed by atoms with Crippen LogP contribution in [0.5, 0.6) is 5.75 Å². The lowest BCUT2D eigenvalue weighted by Crippen LogP contribution is -2.23. The Hall–Kier alpha value is -2.51. The molecule has 0 radical (unpaired) electrons. The maximum absolute atomic E-state index is 12.6. The molecule has 3 rings (SSSR count). The molecule has 152 valence electrons. The highest BCUT2D eigenvalue weighted by molar-refractivity contribution is 7.99. The van der Waals surface area contributed by atoms with Crippen molar-refractivity contribution < 1.29 is 14.1 Å². The van der Waals surface area contributed by atoms with E-state index in [1.165, 1.54) is 18.9 Å². The standard InChI is InChI=1S/C21H22ClN3O3S/c1-12-7-5-6-8-15(12)20-24-19(28-25-20)11-29-14(3)21(26)23-17-9-13(2)16(22)10-18(17)27-4/h5-10,14H,11H2,1-4H3,(H,23,26). The van der Waals surface area contributed by atoms with Crippen molar-refractivity contribution in [2.75, 3.05) is 12.4 Å². The molecule has 2 aromatic carbocycles. The molecule has 0 aliphatic carbocycles. The topological polar surface area (TPSA) is 77.2 Å². The molecular weight excluding hydrogens is 410 g/mol. The molecule has 0 aliphatic heterocycles. The van der Waals surface area contributed by atoms with Crippen LogP contribution in [0.4, 0.5) is 5.69 Å². The minimum Gasteiger partial charge on any atom is -0.495 e. The number of amides is 1. The lowest BCUT2D eigenvalue weighted by atomic mass is 10.1. The maximum atomic E-state index is 12.6. The molecule has 1 N–H and O–H groups in total. The molecular formula is C21H22ClN3O3S. The summed E-state index contributed by atoms with van der Waals surface area (Å²) in [5.41, 5.74) is 3.46. The van der Waals surface area contributed by atoms with Crippen molar-refractivity contribution in [3.8, 4) is 17.1 Å². The third kappa shape index (κ3) is 5.10. The van der Waals surface area contributed by atoms with Crippen molar-refractivity contribution in [1.29, 1.82) is 0 Å². The number of thioether (sulfide) groups is 1. The van der Waals surface area contributed by atoms with E-state index >= 15 is 0 Å². The van der Waals surface area contributed by atoms with E-state index in [0.29, 0.717) is 33.9 Å². The van der Waals surface area contributed by atoms with Gasteiger partial charge in [0.05, 0.1) is 23.8 Å². The Kier molecular flexibility index (Phi) is 6.82. The van der Waals surface area contributed by atoms with E-state index in [1.807, 2.05) is 45.0 Å². The molecule has 1 unspecified atom stereocenters. The summed E-state index contributed by atoms with van der Waals surface area (Å²) in [6, 6.07) is 11.3. The minimum absolute atomic E-state index is 0.145. The number of halogens is 1. The highest BCUT2D eigenvalue weighted by Gasteiger charge is 2.18. The van der Waals surface area contributed by atoms with Gasteiger partial charge in [0.15, 0.2) is 0 Å². The van der Waals surface area contributed by atoms with E-state index in [2.05, 4.69) is 15.5 Å². The van der Waals surface area contributed by atoms with Crippen LogP contribution in [0.3, 0.4) is 0 Å². The SMILES string of the molecule is COc1cc(Cl)c(C)cc1NC(=O)C(C)SCc1nc(-c2ccccc2C)no1. The molecule has 1 aromatic heterocycles. The summed E-state index contributed by atoms with van der Waals surface area (Å²) in [6.45, 7) is 5.70. The van der Waals surface area contributed by atoms with Crippen molar-refractivity contribution in [2.45, 2.75) is 31.8 Å². The van der Waals surface area contributed by atoms with Crippen LogP contribution < -0.4 is 10.1 Å². The summed E-state index contributed by atoms with van der Waals surface area (Å²) < 4.78 is 10.6. The van der Waals surface area contributed by atoms with Gasteiger partial charge in [0.25, 0.3) is 0 Å². The quantitative estimate of drug-likeness (QED) is 0.548. The summed E-state index contributed by atoms with van der Waals surface area (Å²) >= 11 is 7.53. The van der Waals surface area contributed by atoms with Crippen LogP contribution in [0.1, 0.15) is 23.9 Å². The number of carbonyl (C=O) groups is 1. The number of benzene rings is 2. The second-order valence-corrected chi connectivity index (χ2v) is 8.31. The number of aryl methyl sites for hydroxylation is 2. The second-order valence-electron chi connectivity index (χ2n) is 6.57. The third-order valence-corrected chi connectivity index (χ3v) is 5.95. The third-order valence-electron chi connectivity index (χ3n) is 4.42. The zero-order valence-electron chi connectivity index (χ0n) is 16.7. The van der Waals surface area contributed by atoms with Crippen molar-refractivity contribution in [3.05, 3.63) is 58.4 Å². The molecule has 0 saturated heterocycles. The van der Waals surface area contributed by atoms with Crippen LogP contribution in [0.25, 0.3) is 11.4 Å². The van der Waals surface area contributed by atoms with Gasteiger partial charge in [0, 0.05) is 16.7 Å². The van der Waals surface area contributed by atoms with Crippen molar-refractivity contribution >= 4 is 35.0 Å². The number of hydrogen-bond donors (Lipinski definition) is 1. The van der Waals surface area contributed by atoms with Crippen LogP contribution >= 0.6 is 23.4 Å². The minimum atomic E-state index is -0.329. The van der Waals surface area contributed by atoms with E-state index in [0.717, 1.165) is 16.7 Å². The Labute approximate surface area is 179 Å². The largest absolute Gasteiger partial charge is 0.495 e. The van der Waals surface area contributed by atoms with E-state index in [9.17, 15) is 4.79 Å². The molecule has 3 aromatic rings. The summed E-state index contributed by atoms with van der Waals surface area (Å²) in [6.07, 6.45) is 0. The monoisotopic (exact) mass is 431 g/mol. The summed E-state index contributed by atoms with van der Waals surface area (Å²) in [5, 5.41) is 7.20. The van der Waals surface area contributed by atoms with Crippen molar-refractivity contribution in [2.24, 2.45) is 0 Å². The Morgan fingerprint density at radius 2 is 2.03 bits per heavy atom. The van der Waals surface area contributed by atoms with Gasteiger partial charge in [-0.3, -0.25) is 4.79 Å². The predicted molar refractivity (Wildman–Crippen MR) is 117 cm³/mol. The Bertz CT molecular complexity index is 1020. The second kappa shape index (κ2) is 9.33. The normalized spacial score (nSPS) is 11.9. The molecule has 0 spiro atoms. The van der Waals surface area contributed by atoms with Gasteiger partial charge >= 0.3 is 0 Å². The molecule has 1 amide bonds. The molecule has 8 heteroatoms. The van der Waals surface area contributed by atoms with Crippen LogP contribution in [0.15, 0.2) is 40.9 Å². The number of nitrogens with one attached hydrogen (secondary N) is 1. The van der Waals surface area contributed by atoms with Crippen LogP contribution in [0, 0.1) is 13.8 Å². The predicted octanol–water partition coefficient (Wildman–Crippen LogP) is 5.28. The van der Waals surface area contributed by atoms with Gasteiger partial charge in [-0.05, 0) is 38.0 Å². The summed E-state index contributed by atoms with van der Waals surface area (Å²) in [4.78, 5) is 17.0. The molecule has 6 nitrogen and oxygen atoms in total. The number of carbonyl (C=O) groups excluding carboxylic acids is 1. The number of rotatable bonds is 7. The lowest BCUT2D eigenvalue weighted by molar-refractivity contribution is -0.115. The van der Waals surface area contributed by atoms with E-state index < -0.39 is 0 Å². The number of methoxy groups -OCH3 is 1. The fraction of sp³-hybridized carbons (Fsp3) is 0.286. The Morgan fingerprint density at radius 3 is 2.76 bits per heavy atom.